The Balaban J connectivity index is 2.64. The van der Waals surface area contributed by atoms with Gasteiger partial charge in [0.15, 0.2) is 0 Å². The van der Waals surface area contributed by atoms with Gasteiger partial charge in [0.2, 0.25) is 0 Å². The Kier molecular flexibility index (Phi) is 6.51. The zero-order chi connectivity index (χ0) is 15.0. The third-order valence-corrected chi connectivity index (χ3v) is 2.67. The number of hydrogen-bond donors (Lipinski definition) is 0. The summed E-state index contributed by atoms with van der Waals surface area (Å²) in [6.45, 7) is 8.00. The second kappa shape index (κ2) is 8.16. The lowest BCUT2D eigenvalue weighted by Gasteiger charge is -2.03. The molecule has 0 aromatic heterocycles. The Morgan fingerprint density at radius 2 is 1.80 bits per heavy atom. The fourth-order valence-electron chi connectivity index (χ4n) is 1.49. The van der Waals surface area contributed by atoms with E-state index in [0.717, 1.165) is 5.56 Å². The molecule has 0 aliphatic heterocycles. The summed E-state index contributed by atoms with van der Waals surface area (Å²) in [5, 5.41) is 0. The van der Waals surface area contributed by atoms with E-state index in [2.05, 4.69) is 0 Å². The average molecular weight is 270 g/mol. The molecule has 0 bridgehead atoms. The minimum Gasteiger partial charge on any atom is -0.428 e. The molecule has 1 rings (SSSR count). The molecule has 2 nitrogen and oxygen atoms in total. The Morgan fingerprint density at radius 3 is 2.35 bits per heavy atom. The van der Waals surface area contributed by atoms with Crippen LogP contribution >= 0.6 is 0 Å². The van der Waals surface area contributed by atoms with E-state index in [0.29, 0.717) is 12.2 Å². The van der Waals surface area contributed by atoms with Gasteiger partial charge in [0.05, 0.1) is 0 Å². The summed E-state index contributed by atoms with van der Waals surface area (Å²) in [5.74, 6) is 0.325. The smallest absolute Gasteiger partial charge is 0.335 e. The van der Waals surface area contributed by atoms with Crippen LogP contribution in [0.1, 0.15) is 38.3 Å². The van der Waals surface area contributed by atoms with Gasteiger partial charge < -0.3 is 4.74 Å². The fourth-order valence-corrected chi connectivity index (χ4v) is 1.49. The molecule has 0 saturated heterocycles. The van der Waals surface area contributed by atoms with Gasteiger partial charge in [-0.3, -0.25) is 0 Å². The zero-order valence-corrected chi connectivity index (χ0v) is 12.6. The quantitative estimate of drug-likeness (QED) is 0.332. The van der Waals surface area contributed by atoms with Gasteiger partial charge in [-0.05, 0) is 38.5 Å². The first-order valence-electron chi connectivity index (χ1n) is 6.82. The van der Waals surface area contributed by atoms with Crippen LogP contribution in [0.4, 0.5) is 0 Å². The van der Waals surface area contributed by atoms with Gasteiger partial charge in [0, 0.05) is 12.5 Å². The summed E-state index contributed by atoms with van der Waals surface area (Å²) in [6, 6.07) is 7.96. The molecular weight excluding hydrogens is 248 g/mol. The van der Waals surface area contributed by atoms with Crippen LogP contribution in [0.5, 0.6) is 0 Å². The van der Waals surface area contributed by atoms with Crippen molar-refractivity contribution in [2.75, 3.05) is 0 Å². The fraction of sp³-hybridized carbons (Fsp3) is 0.278. The summed E-state index contributed by atoms with van der Waals surface area (Å²) in [5.41, 5.74) is 3.35. The van der Waals surface area contributed by atoms with E-state index in [4.69, 9.17) is 4.74 Å². The van der Waals surface area contributed by atoms with Gasteiger partial charge in [-0.1, -0.05) is 48.4 Å². The lowest BCUT2D eigenvalue weighted by atomic mass is 10.1. The molecular formula is C18H22O2. The molecule has 1 aromatic carbocycles. The monoisotopic (exact) mass is 270 g/mol. The van der Waals surface area contributed by atoms with Crippen LogP contribution in [-0.4, -0.2) is 5.97 Å². The van der Waals surface area contributed by atoms with Crippen molar-refractivity contribution in [2.24, 2.45) is 0 Å². The van der Waals surface area contributed by atoms with Crippen molar-refractivity contribution in [3.8, 4) is 0 Å². The average Bonchev–Trinajstić information content (AvgIpc) is 2.42. The van der Waals surface area contributed by atoms with Crippen molar-refractivity contribution in [1.29, 1.82) is 0 Å². The second-order valence-electron chi connectivity index (χ2n) is 4.90. The zero-order valence-electron chi connectivity index (χ0n) is 12.6. The molecule has 0 fully saturated rings. The number of hydrogen-bond acceptors (Lipinski definition) is 2. The number of carbonyl (C=O) groups is 1. The molecule has 0 N–H and O–H groups in total. The molecule has 106 valence electrons. The Labute approximate surface area is 121 Å². The molecule has 0 heterocycles. The number of benzene rings is 1. The summed E-state index contributed by atoms with van der Waals surface area (Å²) < 4.78 is 5.29. The highest BCUT2D eigenvalue weighted by Gasteiger charge is 2.01. The Hall–Kier alpha value is -2.09. The lowest BCUT2D eigenvalue weighted by molar-refractivity contribution is -0.133. The first-order chi connectivity index (χ1) is 9.51. The van der Waals surface area contributed by atoms with Gasteiger partial charge in [-0.2, -0.15) is 0 Å². The molecule has 0 aliphatic carbocycles. The van der Waals surface area contributed by atoms with Crippen LogP contribution in [-0.2, 0) is 9.53 Å². The molecule has 0 aliphatic rings. The maximum absolute atomic E-state index is 11.7. The van der Waals surface area contributed by atoms with Crippen LogP contribution in [0.2, 0.25) is 0 Å². The first-order valence-corrected chi connectivity index (χ1v) is 6.82. The van der Waals surface area contributed by atoms with E-state index in [1.165, 1.54) is 17.2 Å². The molecule has 0 saturated carbocycles. The van der Waals surface area contributed by atoms with Crippen molar-refractivity contribution in [3.63, 3.8) is 0 Å². The lowest BCUT2D eigenvalue weighted by Crippen LogP contribution is -1.99. The standard InChI is InChI=1S/C18H22O2/c1-5-17(12-6-14(2)3)20-18(19)13-11-16-9-7-15(4)8-10-16/h6-13H,5H2,1-4H3/b13-11+,17-12+. The van der Waals surface area contributed by atoms with Crippen molar-refractivity contribution in [3.05, 3.63) is 65.0 Å². The number of carbonyl (C=O) groups excluding carboxylic acids is 1. The highest BCUT2D eigenvalue weighted by Crippen LogP contribution is 2.08. The third-order valence-electron chi connectivity index (χ3n) is 2.67. The summed E-state index contributed by atoms with van der Waals surface area (Å²) in [6.07, 6.45) is 7.68. The van der Waals surface area contributed by atoms with E-state index >= 15 is 0 Å². The topological polar surface area (TPSA) is 26.3 Å². The molecule has 0 unspecified atom stereocenters. The molecule has 20 heavy (non-hydrogen) atoms. The second-order valence-corrected chi connectivity index (χ2v) is 4.90. The maximum atomic E-state index is 11.7. The van der Waals surface area contributed by atoms with Crippen molar-refractivity contribution < 1.29 is 9.53 Å². The molecule has 0 spiro atoms. The maximum Gasteiger partial charge on any atom is 0.335 e. The molecule has 0 atom stereocenters. The molecule has 2 heteroatoms. The summed E-state index contributed by atoms with van der Waals surface area (Å²) in [4.78, 5) is 11.7. The molecule has 0 radical (unpaired) electrons. The van der Waals surface area contributed by atoms with Gasteiger partial charge in [-0.25, -0.2) is 4.79 Å². The van der Waals surface area contributed by atoms with Gasteiger partial charge in [0.1, 0.15) is 5.76 Å². The number of aryl methyl sites for hydroxylation is 1. The number of allylic oxidation sites excluding steroid dienone is 4. The van der Waals surface area contributed by atoms with Crippen molar-refractivity contribution in [1.82, 2.24) is 0 Å². The predicted octanol–water partition coefficient (Wildman–Crippen LogP) is 4.81. The minimum absolute atomic E-state index is 0.346. The normalized spacial score (nSPS) is 11.5. The van der Waals surface area contributed by atoms with Crippen molar-refractivity contribution >= 4 is 12.0 Å². The number of esters is 1. The number of ether oxygens (including phenoxy) is 1. The van der Waals surface area contributed by atoms with Gasteiger partial charge in [-0.15, -0.1) is 0 Å². The van der Waals surface area contributed by atoms with Crippen LogP contribution in [0, 0.1) is 6.92 Å². The van der Waals surface area contributed by atoms with E-state index < -0.39 is 0 Å². The van der Waals surface area contributed by atoms with Crippen LogP contribution in [0.25, 0.3) is 6.08 Å². The highest BCUT2D eigenvalue weighted by atomic mass is 16.5. The third kappa shape index (κ3) is 6.19. The Bertz CT molecular complexity index is 527. The minimum atomic E-state index is -0.346. The van der Waals surface area contributed by atoms with Gasteiger partial charge >= 0.3 is 5.97 Å². The largest absolute Gasteiger partial charge is 0.428 e. The first kappa shape index (κ1) is 16.0. The van der Waals surface area contributed by atoms with E-state index in [-0.39, 0.29) is 5.97 Å². The highest BCUT2D eigenvalue weighted by molar-refractivity contribution is 5.87. The van der Waals surface area contributed by atoms with E-state index in [9.17, 15) is 4.79 Å². The van der Waals surface area contributed by atoms with Crippen molar-refractivity contribution in [2.45, 2.75) is 34.1 Å². The number of rotatable bonds is 5. The SMILES string of the molecule is CC/C(=C\C=C(C)C)OC(=O)/C=C/c1ccc(C)cc1. The Morgan fingerprint density at radius 1 is 1.15 bits per heavy atom. The van der Waals surface area contributed by atoms with Crippen LogP contribution in [0.15, 0.2) is 53.8 Å². The van der Waals surface area contributed by atoms with Crippen LogP contribution in [0.3, 0.4) is 0 Å². The van der Waals surface area contributed by atoms with Crippen LogP contribution < -0.4 is 0 Å². The predicted molar refractivity (Wildman–Crippen MR) is 84.1 cm³/mol. The molecule has 1 aromatic rings. The van der Waals surface area contributed by atoms with Gasteiger partial charge in [0.25, 0.3) is 0 Å². The van der Waals surface area contributed by atoms with E-state index in [1.54, 1.807) is 6.08 Å². The molecule has 0 amide bonds. The van der Waals surface area contributed by atoms with E-state index in [1.807, 2.05) is 64.1 Å². The summed E-state index contributed by atoms with van der Waals surface area (Å²) >= 11 is 0. The summed E-state index contributed by atoms with van der Waals surface area (Å²) in [7, 11) is 0.